The molecule has 0 spiro atoms. The molecule has 42 heavy (non-hydrogen) atoms. The van der Waals surface area contributed by atoms with Crippen LogP contribution in [-0.2, 0) is 32.6 Å². The Labute approximate surface area is 258 Å². The molecule has 226 valence electrons. The summed E-state index contributed by atoms with van der Waals surface area (Å²) in [5.74, 6) is 0.225. The number of amides is 2. The number of rotatable bonds is 16. The maximum Gasteiger partial charge on any atom is 0.243 e. The molecule has 0 unspecified atom stereocenters. The van der Waals surface area contributed by atoms with Crippen molar-refractivity contribution in [2.75, 3.05) is 30.3 Å². The van der Waals surface area contributed by atoms with Gasteiger partial charge in [0.05, 0.1) is 18.6 Å². The molecule has 0 radical (unpaired) electrons. The van der Waals surface area contributed by atoms with Gasteiger partial charge in [-0.25, -0.2) is 8.42 Å². The molecular weight excluding hydrogens is 618 g/mol. The summed E-state index contributed by atoms with van der Waals surface area (Å²) in [6.45, 7) is 5.25. The number of carbonyl (C=O) groups is 2. The first-order valence-electron chi connectivity index (χ1n) is 14.2. The van der Waals surface area contributed by atoms with Crippen molar-refractivity contribution in [3.05, 3.63) is 94.5 Å². The topological polar surface area (TPSA) is 96.0 Å². The van der Waals surface area contributed by atoms with Gasteiger partial charge in [0.25, 0.3) is 0 Å². The van der Waals surface area contributed by atoms with Gasteiger partial charge in [-0.3, -0.25) is 13.9 Å². The lowest BCUT2D eigenvalue weighted by molar-refractivity contribution is -0.141. The van der Waals surface area contributed by atoms with Gasteiger partial charge in [-0.15, -0.1) is 0 Å². The lowest BCUT2D eigenvalue weighted by atomic mass is 10.0. The van der Waals surface area contributed by atoms with Crippen molar-refractivity contribution in [3.63, 3.8) is 0 Å². The molecule has 0 bridgehead atoms. The third-order valence-corrected chi connectivity index (χ3v) is 8.40. The van der Waals surface area contributed by atoms with Gasteiger partial charge >= 0.3 is 0 Å². The van der Waals surface area contributed by atoms with E-state index in [1.807, 2.05) is 68.4 Å². The van der Waals surface area contributed by atoms with Crippen LogP contribution in [0.4, 0.5) is 5.69 Å². The van der Waals surface area contributed by atoms with Crippen LogP contribution < -0.4 is 14.4 Å². The summed E-state index contributed by atoms with van der Waals surface area (Å²) in [4.78, 5) is 28.9. The summed E-state index contributed by atoms with van der Waals surface area (Å²) in [5.41, 5.74) is 2.34. The van der Waals surface area contributed by atoms with Gasteiger partial charge in [-0.1, -0.05) is 65.3 Å². The Morgan fingerprint density at radius 2 is 1.60 bits per heavy atom. The lowest BCUT2D eigenvalue weighted by Gasteiger charge is -2.32. The number of nitrogens with zero attached hydrogens (tertiary/aromatic N) is 2. The second-order valence-corrected chi connectivity index (χ2v) is 12.8. The van der Waals surface area contributed by atoms with Crippen molar-refractivity contribution in [2.45, 2.75) is 52.1 Å². The molecule has 1 atom stereocenters. The Morgan fingerprint density at radius 3 is 2.19 bits per heavy atom. The molecule has 10 heteroatoms. The van der Waals surface area contributed by atoms with E-state index >= 15 is 0 Å². The van der Waals surface area contributed by atoms with E-state index in [1.54, 1.807) is 29.2 Å². The SMILES string of the molecule is CCCNC(=O)[C@H](Cc1ccccc1)N(Cc1ccc(Br)cc1)C(=O)CCCN(c1ccc(OCC)cc1)S(C)(=O)=O. The first-order chi connectivity index (χ1) is 20.1. The minimum atomic E-state index is -3.60. The van der Waals surface area contributed by atoms with Gasteiger partial charge in [0.15, 0.2) is 0 Å². The highest BCUT2D eigenvalue weighted by Gasteiger charge is 2.30. The normalized spacial score (nSPS) is 11.9. The summed E-state index contributed by atoms with van der Waals surface area (Å²) < 4.78 is 33.0. The Balaban J connectivity index is 1.84. The zero-order valence-corrected chi connectivity index (χ0v) is 26.9. The molecule has 0 heterocycles. The molecule has 0 fully saturated rings. The van der Waals surface area contributed by atoms with Crippen molar-refractivity contribution < 1.29 is 22.7 Å². The van der Waals surface area contributed by atoms with Gasteiger partial charge in [-0.05, 0) is 67.3 Å². The Hall–Kier alpha value is -3.37. The maximum atomic E-state index is 13.9. The van der Waals surface area contributed by atoms with Gasteiger partial charge in [0.2, 0.25) is 21.8 Å². The number of hydrogen-bond donors (Lipinski definition) is 1. The second kappa shape index (κ2) is 16.3. The molecule has 0 aliphatic rings. The molecule has 0 aliphatic heterocycles. The number of benzene rings is 3. The molecular formula is C32H40BrN3O5S. The monoisotopic (exact) mass is 657 g/mol. The highest BCUT2D eigenvalue weighted by Crippen LogP contribution is 2.23. The van der Waals surface area contributed by atoms with Crippen molar-refractivity contribution in [3.8, 4) is 5.75 Å². The quantitative estimate of drug-likeness (QED) is 0.218. The highest BCUT2D eigenvalue weighted by molar-refractivity contribution is 9.10. The van der Waals surface area contributed by atoms with Crippen LogP contribution in [-0.4, -0.2) is 57.1 Å². The molecule has 8 nitrogen and oxygen atoms in total. The Morgan fingerprint density at radius 1 is 0.929 bits per heavy atom. The summed E-state index contributed by atoms with van der Waals surface area (Å²) >= 11 is 3.45. The minimum absolute atomic E-state index is 0.0753. The molecule has 2 amide bonds. The fourth-order valence-electron chi connectivity index (χ4n) is 4.59. The van der Waals surface area contributed by atoms with Crippen LogP contribution in [0.2, 0.25) is 0 Å². The van der Waals surface area contributed by atoms with Gasteiger partial charge in [0, 0.05) is 36.9 Å². The van der Waals surface area contributed by atoms with E-state index < -0.39 is 16.1 Å². The maximum absolute atomic E-state index is 13.9. The molecule has 3 aromatic rings. The van der Waals surface area contributed by atoms with E-state index in [2.05, 4.69) is 21.2 Å². The summed E-state index contributed by atoms with van der Waals surface area (Å²) in [7, 11) is -3.60. The van der Waals surface area contributed by atoms with E-state index in [0.29, 0.717) is 31.0 Å². The van der Waals surface area contributed by atoms with Crippen LogP contribution in [0.3, 0.4) is 0 Å². The number of carbonyl (C=O) groups excluding carboxylic acids is 2. The number of anilines is 1. The summed E-state index contributed by atoms with van der Waals surface area (Å²) in [5, 5.41) is 2.97. The first kappa shape index (κ1) is 33.1. The van der Waals surface area contributed by atoms with Crippen molar-refractivity contribution in [1.82, 2.24) is 10.2 Å². The number of hydrogen-bond acceptors (Lipinski definition) is 5. The van der Waals surface area contributed by atoms with Crippen molar-refractivity contribution in [2.24, 2.45) is 0 Å². The average molecular weight is 659 g/mol. The molecule has 0 saturated carbocycles. The number of sulfonamides is 1. The molecule has 1 N–H and O–H groups in total. The van der Waals surface area contributed by atoms with Crippen LogP contribution in [0, 0.1) is 0 Å². The number of nitrogens with one attached hydrogen (secondary N) is 1. The second-order valence-electron chi connectivity index (χ2n) is 10.0. The van der Waals surface area contributed by atoms with Crippen LogP contribution >= 0.6 is 15.9 Å². The zero-order chi connectivity index (χ0) is 30.5. The molecule has 3 aromatic carbocycles. The van der Waals surface area contributed by atoms with Crippen LogP contribution in [0.1, 0.15) is 44.2 Å². The predicted molar refractivity (Wildman–Crippen MR) is 171 cm³/mol. The van der Waals surface area contributed by atoms with Crippen LogP contribution in [0.15, 0.2) is 83.3 Å². The summed E-state index contributed by atoms with van der Waals surface area (Å²) in [6, 6.07) is 23.4. The van der Waals surface area contributed by atoms with Crippen molar-refractivity contribution >= 4 is 43.5 Å². The number of halogens is 1. The van der Waals surface area contributed by atoms with Gasteiger partial charge < -0.3 is 15.0 Å². The summed E-state index contributed by atoms with van der Waals surface area (Å²) in [6.07, 6.45) is 2.65. The molecule has 0 saturated heterocycles. The molecule has 0 aromatic heterocycles. The van der Waals surface area contributed by atoms with Gasteiger partial charge in [-0.2, -0.15) is 0 Å². The smallest absolute Gasteiger partial charge is 0.243 e. The zero-order valence-electron chi connectivity index (χ0n) is 24.5. The van der Waals surface area contributed by atoms with Crippen molar-refractivity contribution in [1.29, 1.82) is 0 Å². The third kappa shape index (κ3) is 10.2. The van der Waals surface area contributed by atoms with Crippen LogP contribution in [0.5, 0.6) is 5.75 Å². The third-order valence-electron chi connectivity index (χ3n) is 6.67. The fraction of sp³-hybridized carbons (Fsp3) is 0.375. The predicted octanol–water partition coefficient (Wildman–Crippen LogP) is 5.56. The first-order valence-corrected chi connectivity index (χ1v) is 16.8. The lowest BCUT2D eigenvalue weighted by Crippen LogP contribution is -2.50. The van der Waals surface area contributed by atoms with E-state index in [0.717, 1.165) is 28.3 Å². The van der Waals surface area contributed by atoms with E-state index in [-0.39, 0.29) is 37.7 Å². The van der Waals surface area contributed by atoms with E-state index in [4.69, 9.17) is 4.74 Å². The molecule has 3 rings (SSSR count). The largest absolute Gasteiger partial charge is 0.494 e. The standard InChI is InChI=1S/C32H40BrN3O5S/c1-4-21-34-32(38)30(23-25-10-7-6-8-11-25)35(24-26-13-15-27(33)16-14-26)31(37)12-9-22-36(42(3,39)40)28-17-19-29(20-18-28)41-5-2/h6-8,10-11,13-20,30H,4-5,9,12,21-24H2,1-3H3,(H,34,38)/t30-/m0/s1. The average Bonchev–Trinajstić information content (AvgIpc) is 2.97. The minimum Gasteiger partial charge on any atom is -0.494 e. The Bertz CT molecular complexity index is 1380. The number of ether oxygens (including phenoxy) is 1. The fourth-order valence-corrected chi connectivity index (χ4v) is 5.82. The molecule has 0 aliphatic carbocycles. The highest BCUT2D eigenvalue weighted by atomic mass is 79.9. The van der Waals surface area contributed by atoms with Crippen LogP contribution in [0.25, 0.3) is 0 Å². The van der Waals surface area contributed by atoms with E-state index in [9.17, 15) is 18.0 Å². The van der Waals surface area contributed by atoms with E-state index in [1.165, 1.54) is 4.31 Å². The van der Waals surface area contributed by atoms with Gasteiger partial charge in [0.1, 0.15) is 11.8 Å². The Kier molecular flexibility index (Phi) is 12.9.